The number of halogens is 4. The number of carbonyl (C=O) groups excluding carboxylic acids is 1. The third-order valence-corrected chi connectivity index (χ3v) is 7.15. The fourth-order valence-electron chi connectivity index (χ4n) is 2.72. The number of benzene rings is 2. The van der Waals surface area contributed by atoms with Crippen molar-refractivity contribution in [2.75, 3.05) is 19.4 Å². The van der Waals surface area contributed by atoms with Gasteiger partial charge in [0.15, 0.2) is 0 Å². The van der Waals surface area contributed by atoms with E-state index in [0.29, 0.717) is 6.07 Å². The molecule has 0 fully saturated rings. The molecule has 0 heterocycles. The number of ether oxygens (including phenoxy) is 2. The summed E-state index contributed by atoms with van der Waals surface area (Å²) in [6.45, 7) is 2.97. The highest BCUT2D eigenvalue weighted by Gasteiger charge is 2.34. The van der Waals surface area contributed by atoms with Gasteiger partial charge in [0.1, 0.15) is 16.8 Å². The molecule has 2 rings (SSSR count). The van der Waals surface area contributed by atoms with Crippen LogP contribution in [0.25, 0.3) is 0 Å². The molecule has 0 aliphatic heterocycles. The Morgan fingerprint density at radius 1 is 1.18 bits per heavy atom. The number of nitro benzene ring substituents is 1. The maximum absolute atomic E-state index is 13.4. The number of hydrogen-bond acceptors (Lipinski definition) is 7. The van der Waals surface area contributed by atoms with E-state index in [0.717, 1.165) is 24.3 Å². The average Bonchev–Trinajstić information content (AvgIpc) is 2.74. The van der Waals surface area contributed by atoms with Crippen LogP contribution in [0, 0.1) is 10.1 Å². The number of carbonyl (C=O) groups is 1. The van der Waals surface area contributed by atoms with Crippen LogP contribution in [0.15, 0.2) is 36.4 Å². The van der Waals surface area contributed by atoms with Crippen molar-refractivity contribution in [3.05, 3.63) is 57.1 Å². The molecule has 0 bridgehead atoms. The Balaban J connectivity index is 2.36. The van der Waals surface area contributed by atoms with Crippen molar-refractivity contribution in [2.45, 2.75) is 26.4 Å². The molecule has 33 heavy (non-hydrogen) atoms. The van der Waals surface area contributed by atoms with Crippen LogP contribution < -0.4 is 10.0 Å². The Kier molecular flexibility index (Phi) is 8.88. The standard InChI is InChI=1S/C20H20ClF3NO7P/c1-3-30-19(26)9-10-31-33(29,4-2)18-12-14(6-7-16(18)25(27)28)32-17-8-5-13(11-15(17)21)20(22,23)24/h5-8,11-12H,3-4,9-10H2,1-2H3. The van der Waals surface area contributed by atoms with E-state index in [4.69, 9.17) is 25.6 Å². The van der Waals surface area contributed by atoms with E-state index in [-0.39, 0.29) is 47.6 Å². The molecule has 0 aliphatic rings. The Bertz CT molecular complexity index is 1080. The van der Waals surface area contributed by atoms with Gasteiger partial charge in [-0.3, -0.25) is 19.5 Å². The first-order valence-electron chi connectivity index (χ1n) is 9.64. The monoisotopic (exact) mass is 509 g/mol. The van der Waals surface area contributed by atoms with Crippen molar-refractivity contribution in [1.82, 2.24) is 0 Å². The molecular formula is C20H20ClF3NO7P. The zero-order chi connectivity index (χ0) is 24.8. The van der Waals surface area contributed by atoms with Gasteiger partial charge in [0, 0.05) is 18.3 Å². The Morgan fingerprint density at radius 3 is 2.42 bits per heavy atom. The van der Waals surface area contributed by atoms with Crippen LogP contribution in [0.1, 0.15) is 25.8 Å². The fourth-order valence-corrected chi connectivity index (χ4v) is 4.82. The zero-order valence-electron chi connectivity index (χ0n) is 17.6. The van der Waals surface area contributed by atoms with Gasteiger partial charge in [0.2, 0.25) is 7.37 Å². The minimum absolute atomic E-state index is 0.0556. The summed E-state index contributed by atoms with van der Waals surface area (Å²) in [5.74, 6) is -0.775. The van der Waals surface area contributed by atoms with E-state index < -0.39 is 35.7 Å². The van der Waals surface area contributed by atoms with Crippen molar-refractivity contribution in [3.63, 3.8) is 0 Å². The molecule has 0 spiro atoms. The molecule has 0 radical (unpaired) electrons. The van der Waals surface area contributed by atoms with Gasteiger partial charge in [-0.15, -0.1) is 0 Å². The van der Waals surface area contributed by atoms with Crippen molar-refractivity contribution in [1.29, 1.82) is 0 Å². The summed E-state index contributed by atoms with van der Waals surface area (Å²) < 4.78 is 67.5. The highest BCUT2D eigenvalue weighted by atomic mass is 35.5. The second-order valence-corrected chi connectivity index (χ2v) is 9.66. The minimum atomic E-state index is -4.60. The zero-order valence-corrected chi connectivity index (χ0v) is 19.2. The van der Waals surface area contributed by atoms with Gasteiger partial charge in [0.25, 0.3) is 5.69 Å². The van der Waals surface area contributed by atoms with Gasteiger partial charge in [-0.2, -0.15) is 13.2 Å². The lowest BCUT2D eigenvalue weighted by atomic mass is 10.2. The summed E-state index contributed by atoms with van der Waals surface area (Å²) in [5, 5.41) is 10.9. The molecule has 0 amide bonds. The lowest BCUT2D eigenvalue weighted by Crippen LogP contribution is -2.16. The molecule has 0 aromatic heterocycles. The van der Waals surface area contributed by atoms with Gasteiger partial charge in [-0.25, -0.2) is 0 Å². The molecule has 0 saturated heterocycles. The highest BCUT2D eigenvalue weighted by Crippen LogP contribution is 2.49. The highest BCUT2D eigenvalue weighted by molar-refractivity contribution is 7.67. The van der Waals surface area contributed by atoms with Crippen LogP contribution >= 0.6 is 19.0 Å². The summed E-state index contributed by atoms with van der Waals surface area (Å²) in [5.41, 5.74) is -1.48. The maximum Gasteiger partial charge on any atom is 0.416 e. The Hall–Kier alpha value is -2.62. The molecule has 2 aromatic carbocycles. The molecule has 180 valence electrons. The normalized spacial score (nSPS) is 13.3. The van der Waals surface area contributed by atoms with Crippen LogP contribution in [0.2, 0.25) is 5.02 Å². The summed E-state index contributed by atoms with van der Waals surface area (Å²) in [4.78, 5) is 22.2. The number of esters is 1. The number of nitro groups is 1. The largest absolute Gasteiger partial charge is 0.466 e. The number of hydrogen-bond donors (Lipinski definition) is 0. The Morgan fingerprint density at radius 2 is 1.88 bits per heavy atom. The lowest BCUT2D eigenvalue weighted by molar-refractivity contribution is -0.383. The first-order valence-corrected chi connectivity index (χ1v) is 11.8. The molecule has 0 N–H and O–H groups in total. The summed E-state index contributed by atoms with van der Waals surface area (Å²) >= 11 is 5.89. The Labute approximate surface area is 192 Å². The van der Waals surface area contributed by atoms with E-state index in [9.17, 15) is 32.6 Å². The molecule has 0 aliphatic carbocycles. The smallest absolute Gasteiger partial charge is 0.416 e. The molecule has 13 heteroatoms. The second-order valence-electron chi connectivity index (χ2n) is 6.53. The second kappa shape index (κ2) is 11.0. The van der Waals surface area contributed by atoms with Crippen LogP contribution in [-0.4, -0.2) is 30.3 Å². The van der Waals surface area contributed by atoms with E-state index in [1.54, 1.807) is 6.92 Å². The maximum atomic E-state index is 13.4. The predicted molar refractivity (Wildman–Crippen MR) is 115 cm³/mol. The molecule has 0 saturated carbocycles. The molecule has 2 aromatic rings. The van der Waals surface area contributed by atoms with Crippen LogP contribution in [0.4, 0.5) is 18.9 Å². The topological polar surface area (TPSA) is 105 Å². The van der Waals surface area contributed by atoms with Gasteiger partial charge in [0.05, 0.1) is 35.1 Å². The van der Waals surface area contributed by atoms with Crippen molar-refractivity contribution < 1.29 is 41.5 Å². The van der Waals surface area contributed by atoms with Crippen LogP contribution in [0.5, 0.6) is 11.5 Å². The third-order valence-electron chi connectivity index (χ3n) is 4.33. The quantitative estimate of drug-likeness (QED) is 0.168. The molecule has 1 atom stereocenters. The van der Waals surface area contributed by atoms with Gasteiger partial charge in [-0.05, 0) is 31.2 Å². The van der Waals surface area contributed by atoms with Gasteiger partial charge in [-0.1, -0.05) is 18.5 Å². The van der Waals surface area contributed by atoms with E-state index in [1.807, 2.05) is 0 Å². The van der Waals surface area contributed by atoms with Crippen LogP contribution in [-0.2, 0) is 24.8 Å². The first-order chi connectivity index (χ1) is 15.4. The fraction of sp³-hybridized carbons (Fsp3) is 0.350. The number of rotatable bonds is 10. The summed E-state index contributed by atoms with van der Waals surface area (Å²) in [7, 11) is -3.80. The lowest BCUT2D eigenvalue weighted by Gasteiger charge is -2.18. The van der Waals surface area contributed by atoms with Gasteiger partial charge >= 0.3 is 12.1 Å². The predicted octanol–water partition coefficient (Wildman–Crippen LogP) is 5.95. The van der Waals surface area contributed by atoms with Crippen molar-refractivity contribution >= 4 is 35.9 Å². The molecular weight excluding hydrogens is 490 g/mol. The summed E-state index contributed by atoms with van der Waals surface area (Å²) in [6, 6.07) is 5.79. The molecule has 8 nitrogen and oxygen atoms in total. The average molecular weight is 510 g/mol. The summed E-state index contributed by atoms with van der Waals surface area (Å²) in [6.07, 6.45) is -4.93. The minimum Gasteiger partial charge on any atom is -0.466 e. The van der Waals surface area contributed by atoms with E-state index in [2.05, 4.69) is 0 Å². The SMILES string of the molecule is CCOC(=O)CCOP(=O)(CC)c1cc(Oc2ccc(C(F)(F)F)cc2Cl)ccc1[N+](=O)[O-]. The third kappa shape index (κ3) is 6.93. The van der Waals surface area contributed by atoms with Gasteiger partial charge < -0.3 is 14.0 Å². The number of nitrogens with zero attached hydrogens (tertiary/aromatic N) is 1. The van der Waals surface area contributed by atoms with Crippen molar-refractivity contribution in [3.8, 4) is 11.5 Å². The van der Waals surface area contributed by atoms with Crippen LogP contribution in [0.3, 0.4) is 0 Å². The molecule has 1 unspecified atom stereocenters. The van der Waals surface area contributed by atoms with E-state index in [1.165, 1.54) is 13.0 Å². The van der Waals surface area contributed by atoms with Crippen molar-refractivity contribution in [2.24, 2.45) is 0 Å². The first kappa shape index (κ1) is 26.6. The number of alkyl halides is 3. The van der Waals surface area contributed by atoms with E-state index >= 15 is 0 Å².